The maximum Gasteiger partial charge on any atom is 0.268 e. The van der Waals surface area contributed by atoms with Crippen LogP contribution in [0.4, 0.5) is 0 Å². The number of halogens is 2. The predicted octanol–water partition coefficient (Wildman–Crippen LogP) is 3.57. The molecule has 0 spiro atoms. The zero-order valence-corrected chi connectivity index (χ0v) is 15.8. The number of carbonyl (C=O) groups excluding carboxylic acids is 2. The summed E-state index contributed by atoms with van der Waals surface area (Å²) in [6.07, 6.45) is 0.640. The molecule has 0 saturated carbocycles. The highest BCUT2D eigenvalue weighted by atomic mass is 35.5. The minimum absolute atomic E-state index is 0.123. The van der Waals surface area contributed by atoms with Crippen molar-refractivity contribution in [2.45, 2.75) is 18.5 Å². The first-order valence-electron chi connectivity index (χ1n) is 8.57. The molecule has 3 N–H and O–H groups in total. The Hall–Kier alpha value is -2.50. The maximum absolute atomic E-state index is 12.8. The van der Waals surface area contributed by atoms with Crippen molar-refractivity contribution in [2.24, 2.45) is 0 Å². The van der Waals surface area contributed by atoms with E-state index in [1.165, 1.54) is 0 Å². The van der Waals surface area contributed by atoms with E-state index in [0.717, 1.165) is 22.0 Å². The second-order valence-corrected chi connectivity index (χ2v) is 7.28. The van der Waals surface area contributed by atoms with Gasteiger partial charge in [-0.1, -0.05) is 35.9 Å². The first-order chi connectivity index (χ1) is 13.0. The van der Waals surface area contributed by atoms with Gasteiger partial charge < -0.3 is 15.6 Å². The van der Waals surface area contributed by atoms with E-state index in [4.69, 9.17) is 23.2 Å². The predicted molar refractivity (Wildman–Crippen MR) is 106 cm³/mol. The van der Waals surface area contributed by atoms with Gasteiger partial charge in [-0.05, 0) is 41.8 Å². The van der Waals surface area contributed by atoms with E-state index in [9.17, 15) is 9.59 Å². The van der Waals surface area contributed by atoms with Gasteiger partial charge in [0.25, 0.3) is 5.91 Å². The summed E-state index contributed by atoms with van der Waals surface area (Å²) in [6, 6.07) is 14.5. The van der Waals surface area contributed by atoms with Gasteiger partial charge in [-0.3, -0.25) is 9.59 Å². The second kappa shape index (κ2) is 7.25. The zero-order valence-electron chi connectivity index (χ0n) is 14.3. The van der Waals surface area contributed by atoms with Crippen LogP contribution in [0, 0.1) is 0 Å². The molecule has 4 rings (SSSR count). The van der Waals surface area contributed by atoms with Crippen LogP contribution in [0.2, 0.25) is 5.02 Å². The van der Waals surface area contributed by atoms with Gasteiger partial charge in [0.1, 0.15) is 11.6 Å². The molecule has 2 amide bonds. The average molecular weight is 402 g/mol. The summed E-state index contributed by atoms with van der Waals surface area (Å²) >= 11 is 11.7. The molecule has 0 unspecified atom stereocenters. The van der Waals surface area contributed by atoms with Gasteiger partial charge in [0, 0.05) is 15.9 Å². The number of hydrogen-bond acceptors (Lipinski definition) is 2. The Morgan fingerprint density at radius 2 is 1.93 bits per heavy atom. The molecule has 0 aliphatic heterocycles. The van der Waals surface area contributed by atoms with Gasteiger partial charge in [-0.2, -0.15) is 0 Å². The Morgan fingerprint density at radius 1 is 1.11 bits per heavy atom. The number of alkyl halides is 1. The summed E-state index contributed by atoms with van der Waals surface area (Å²) in [5.41, 5.74) is 3.40. The van der Waals surface area contributed by atoms with Gasteiger partial charge in [0.2, 0.25) is 5.91 Å². The molecule has 1 aromatic heterocycles. The summed E-state index contributed by atoms with van der Waals surface area (Å²) in [5, 5.41) is 7.43. The molecule has 0 saturated heterocycles. The number of aromatic nitrogens is 1. The molecule has 1 aliphatic rings. The lowest BCUT2D eigenvalue weighted by molar-refractivity contribution is -0.119. The fraction of sp³-hybridized carbons (Fsp3) is 0.200. The first-order valence-corrected chi connectivity index (χ1v) is 9.48. The molecule has 1 aliphatic carbocycles. The van der Waals surface area contributed by atoms with E-state index < -0.39 is 0 Å². The molecular formula is C20H17Cl2N3O2. The molecule has 0 fully saturated rings. The number of hydrogen-bond donors (Lipinski definition) is 3. The third kappa shape index (κ3) is 3.53. The molecule has 2 atom stereocenters. The Bertz CT molecular complexity index is 1030. The number of H-pyrrole nitrogens is 1. The van der Waals surface area contributed by atoms with Crippen molar-refractivity contribution in [2.75, 3.05) is 5.88 Å². The van der Waals surface area contributed by atoms with Crippen LogP contribution in [0.1, 0.15) is 27.7 Å². The summed E-state index contributed by atoms with van der Waals surface area (Å²) in [5.74, 6) is -0.620. The van der Waals surface area contributed by atoms with E-state index in [1.807, 2.05) is 30.3 Å². The summed E-state index contributed by atoms with van der Waals surface area (Å²) in [4.78, 5) is 27.8. The van der Waals surface area contributed by atoms with Crippen molar-refractivity contribution < 1.29 is 9.59 Å². The molecule has 138 valence electrons. The van der Waals surface area contributed by atoms with Crippen molar-refractivity contribution in [3.63, 3.8) is 0 Å². The normalized spacial score (nSPS) is 18.3. The maximum atomic E-state index is 12.8. The SMILES string of the molecule is O=C(CCl)N[C@@H]1c2ccccc2C[C@H]1NC(=O)c1cc2cc(Cl)ccc2[nH]1. The number of nitrogens with one attached hydrogen (secondary N) is 3. The van der Waals surface area contributed by atoms with Crippen molar-refractivity contribution >= 4 is 45.9 Å². The number of carbonyl (C=O) groups is 2. The van der Waals surface area contributed by atoms with Crippen molar-refractivity contribution in [1.29, 1.82) is 0 Å². The van der Waals surface area contributed by atoms with Crippen LogP contribution in [0.25, 0.3) is 10.9 Å². The topological polar surface area (TPSA) is 74.0 Å². The van der Waals surface area contributed by atoms with Crippen LogP contribution in [-0.2, 0) is 11.2 Å². The number of rotatable bonds is 4. The molecule has 1 heterocycles. The Labute approximate surface area is 166 Å². The summed E-state index contributed by atoms with van der Waals surface area (Å²) < 4.78 is 0. The van der Waals surface area contributed by atoms with Gasteiger partial charge in [0.05, 0.1) is 12.1 Å². The monoisotopic (exact) mass is 401 g/mol. The minimum atomic E-state index is -0.310. The molecule has 5 nitrogen and oxygen atoms in total. The zero-order chi connectivity index (χ0) is 19.0. The van der Waals surface area contributed by atoms with Crippen LogP contribution >= 0.6 is 23.2 Å². The Kier molecular flexibility index (Phi) is 4.81. The molecule has 2 aromatic carbocycles. The third-order valence-corrected chi connectivity index (χ3v) is 5.29. The number of aromatic amines is 1. The van der Waals surface area contributed by atoms with Gasteiger partial charge in [0.15, 0.2) is 0 Å². The van der Waals surface area contributed by atoms with Crippen molar-refractivity contribution in [3.8, 4) is 0 Å². The molecule has 27 heavy (non-hydrogen) atoms. The van der Waals surface area contributed by atoms with Crippen LogP contribution in [0.15, 0.2) is 48.5 Å². The first kappa shape index (κ1) is 17.9. The lowest BCUT2D eigenvalue weighted by atomic mass is 10.1. The van der Waals surface area contributed by atoms with Crippen LogP contribution in [0.3, 0.4) is 0 Å². The molecule has 0 radical (unpaired) electrons. The standard InChI is InChI=1S/C20H17Cl2N3O2/c21-10-18(26)25-19-14-4-2-1-3-11(14)8-16(19)24-20(27)17-9-12-7-13(22)5-6-15(12)23-17/h1-7,9,16,19,23H,8,10H2,(H,24,27)(H,25,26)/t16-,19-/m1/s1. The lowest BCUT2D eigenvalue weighted by Gasteiger charge is -2.22. The van der Waals surface area contributed by atoms with Crippen molar-refractivity contribution in [3.05, 3.63) is 70.4 Å². The fourth-order valence-corrected chi connectivity index (χ4v) is 3.85. The molecule has 7 heteroatoms. The van der Waals surface area contributed by atoms with Crippen molar-refractivity contribution in [1.82, 2.24) is 15.6 Å². The summed E-state index contributed by atoms with van der Waals surface area (Å²) in [7, 11) is 0. The molecular weight excluding hydrogens is 385 g/mol. The average Bonchev–Trinajstić information content (AvgIpc) is 3.23. The van der Waals surface area contributed by atoms with Crippen LogP contribution in [0.5, 0.6) is 0 Å². The number of benzene rings is 2. The van der Waals surface area contributed by atoms with Gasteiger partial charge in [-0.25, -0.2) is 0 Å². The van der Waals surface area contributed by atoms with Crippen LogP contribution in [-0.4, -0.2) is 28.7 Å². The third-order valence-electron chi connectivity index (χ3n) is 4.81. The molecule has 3 aromatic rings. The highest BCUT2D eigenvalue weighted by Gasteiger charge is 2.34. The smallest absolute Gasteiger partial charge is 0.268 e. The van der Waals surface area contributed by atoms with E-state index >= 15 is 0 Å². The van der Waals surface area contributed by atoms with E-state index in [-0.39, 0.29) is 29.8 Å². The number of amides is 2. The quantitative estimate of drug-likeness (QED) is 0.584. The van der Waals surface area contributed by atoms with Gasteiger partial charge >= 0.3 is 0 Å². The second-order valence-electron chi connectivity index (χ2n) is 6.58. The van der Waals surface area contributed by atoms with E-state index in [2.05, 4.69) is 15.6 Å². The number of fused-ring (bicyclic) bond motifs is 2. The fourth-order valence-electron chi connectivity index (χ4n) is 3.59. The molecule has 0 bridgehead atoms. The largest absolute Gasteiger partial charge is 0.351 e. The Morgan fingerprint density at radius 3 is 2.74 bits per heavy atom. The summed E-state index contributed by atoms with van der Waals surface area (Å²) in [6.45, 7) is 0. The van der Waals surface area contributed by atoms with Gasteiger partial charge in [-0.15, -0.1) is 11.6 Å². The van der Waals surface area contributed by atoms with E-state index in [1.54, 1.807) is 18.2 Å². The highest BCUT2D eigenvalue weighted by molar-refractivity contribution is 6.31. The lowest BCUT2D eigenvalue weighted by Crippen LogP contribution is -2.44. The van der Waals surface area contributed by atoms with E-state index in [0.29, 0.717) is 17.1 Å². The highest BCUT2D eigenvalue weighted by Crippen LogP contribution is 2.31. The van der Waals surface area contributed by atoms with Crippen LogP contribution < -0.4 is 10.6 Å². The minimum Gasteiger partial charge on any atom is -0.351 e. The Balaban J connectivity index is 1.58.